The minimum atomic E-state index is 0.294. The van der Waals surface area contributed by atoms with Gasteiger partial charge in [0.25, 0.3) is 0 Å². The summed E-state index contributed by atoms with van der Waals surface area (Å²) >= 11 is 5.24. The van der Waals surface area contributed by atoms with E-state index in [9.17, 15) is 4.79 Å². The predicted octanol–water partition coefficient (Wildman–Crippen LogP) is 3.62. The van der Waals surface area contributed by atoms with Gasteiger partial charge in [-0.25, -0.2) is 0 Å². The number of rotatable bonds is 3. The number of halogens is 1. The van der Waals surface area contributed by atoms with Gasteiger partial charge in [-0.3, -0.25) is 4.79 Å². The number of fused-ring (bicyclic) bond motifs is 1. The third-order valence-electron chi connectivity index (χ3n) is 5.18. The maximum absolute atomic E-state index is 12.6. The van der Waals surface area contributed by atoms with E-state index in [2.05, 4.69) is 52.1 Å². The summed E-state index contributed by atoms with van der Waals surface area (Å²) < 4.78 is 1.14. The molecular weight excluding hydrogens is 372 g/mol. The highest BCUT2D eigenvalue weighted by atomic mass is 79.9. The summed E-state index contributed by atoms with van der Waals surface area (Å²) in [4.78, 5) is 15.9. The SMILES string of the molecule is Cc1cc(SCC(=O)N2CC[C@@H]3CNC[C@@H]3CC2)c(C)cc1Br. The molecule has 0 aromatic heterocycles. The number of hydrogen-bond donors (Lipinski definition) is 1. The number of nitrogens with zero attached hydrogens (tertiary/aromatic N) is 1. The van der Waals surface area contributed by atoms with Crippen molar-refractivity contribution in [2.24, 2.45) is 11.8 Å². The molecule has 2 aliphatic heterocycles. The third kappa shape index (κ3) is 4.12. The van der Waals surface area contributed by atoms with Gasteiger partial charge in [0.2, 0.25) is 5.91 Å². The summed E-state index contributed by atoms with van der Waals surface area (Å²) in [6.45, 7) is 8.34. The van der Waals surface area contributed by atoms with E-state index in [4.69, 9.17) is 0 Å². The lowest BCUT2D eigenvalue weighted by Crippen LogP contribution is -2.34. The monoisotopic (exact) mass is 396 g/mol. The molecule has 3 rings (SSSR count). The van der Waals surface area contributed by atoms with Crippen LogP contribution < -0.4 is 5.32 Å². The number of benzene rings is 1. The van der Waals surface area contributed by atoms with Crippen LogP contribution in [-0.2, 0) is 4.79 Å². The molecule has 2 atom stereocenters. The van der Waals surface area contributed by atoms with Crippen LogP contribution in [0.4, 0.5) is 0 Å². The van der Waals surface area contributed by atoms with Crippen molar-refractivity contribution >= 4 is 33.6 Å². The molecule has 126 valence electrons. The first-order chi connectivity index (χ1) is 11.0. The van der Waals surface area contributed by atoms with Crippen molar-refractivity contribution in [3.63, 3.8) is 0 Å². The molecule has 0 radical (unpaired) electrons. The fourth-order valence-electron chi connectivity index (χ4n) is 3.61. The minimum Gasteiger partial charge on any atom is -0.342 e. The van der Waals surface area contributed by atoms with Gasteiger partial charge in [-0.2, -0.15) is 0 Å². The zero-order valence-electron chi connectivity index (χ0n) is 13.9. The van der Waals surface area contributed by atoms with E-state index in [-0.39, 0.29) is 0 Å². The summed E-state index contributed by atoms with van der Waals surface area (Å²) in [6, 6.07) is 4.32. The van der Waals surface area contributed by atoms with Crippen LogP contribution in [0.3, 0.4) is 0 Å². The second-order valence-corrected chi connectivity index (χ2v) is 8.66. The second-order valence-electron chi connectivity index (χ2n) is 6.79. The maximum atomic E-state index is 12.6. The number of amides is 1. The first-order valence-corrected chi connectivity index (χ1v) is 10.2. The Kier molecular flexibility index (Phi) is 5.70. The van der Waals surface area contributed by atoms with Crippen molar-refractivity contribution in [1.82, 2.24) is 10.2 Å². The Bertz CT molecular complexity index is 579. The van der Waals surface area contributed by atoms with Crippen LogP contribution in [0, 0.1) is 25.7 Å². The Hall–Kier alpha value is -0.520. The summed E-state index contributed by atoms with van der Waals surface area (Å²) in [5, 5.41) is 3.49. The molecule has 0 unspecified atom stereocenters. The van der Waals surface area contributed by atoms with E-state index in [1.165, 1.54) is 16.0 Å². The number of thioether (sulfide) groups is 1. The average Bonchev–Trinajstić information content (AvgIpc) is 2.88. The van der Waals surface area contributed by atoms with Crippen molar-refractivity contribution in [2.45, 2.75) is 31.6 Å². The molecule has 1 N–H and O–H groups in total. The zero-order chi connectivity index (χ0) is 16.4. The maximum Gasteiger partial charge on any atom is 0.232 e. The van der Waals surface area contributed by atoms with E-state index >= 15 is 0 Å². The van der Waals surface area contributed by atoms with Crippen LogP contribution in [0.15, 0.2) is 21.5 Å². The molecule has 0 spiro atoms. The third-order valence-corrected chi connectivity index (χ3v) is 7.18. The molecule has 1 aromatic carbocycles. The molecule has 2 aliphatic rings. The summed E-state index contributed by atoms with van der Waals surface area (Å²) in [5.74, 6) is 2.40. The van der Waals surface area contributed by atoms with E-state index in [0.717, 1.165) is 55.3 Å². The molecule has 1 aromatic rings. The number of hydrogen-bond acceptors (Lipinski definition) is 3. The van der Waals surface area contributed by atoms with E-state index in [1.807, 2.05) is 0 Å². The van der Waals surface area contributed by atoms with Gasteiger partial charge in [0, 0.05) is 22.5 Å². The van der Waals surface area contributed by atoms with Crippen LogP contribution in [0.25, 0.3) is 0 Å². The van der Waals surface area contributed by atoms with Crippen LogP contribution >= 0.6 is 27.7 Å². The molecule has 2 saturated heterocycles. The van der Waals surface area contributed by atoms with Crippen molar-refractivity contribution in [3.8, 4) is 0 Å². The number of carbonyl (C=O) groups is 1. The highest BCUT2D eigenvalue weighted by Crippen LogP contribution is 2.30. The molecular formula is C18H25BrN2OS. The van der Waals surface area contributed by atoms with Gasteiger partial charge in [0.15, 0.2) is 0 Å². The van der Waals surface area contributed by atoms with Crippen LogP contribution in [0.1, 0.15) is 24.0 Å². The first kappa shape index (κ1) is 17.3. The molecule has 0 aliphatic carbocycles. The van der Waals surface area contributed by atoms with Crippen LogP contribution in [-0.4, -0.2) is 42.7 Å². The molecule has 1 amide bonds. The lowest BCUT2D eigenvalue weighted by molar-refractivity contribution is -0.128. The van der Waals surface area contributed by atoms with Gasteiger partial charge in [0.1, 0.15) is 0 Å². The average molecular weight is 397 g/mol. The molecule has 23 heavy (non-hydrogen) atoms. The standard InChI is InChI=1S/C18H25BrN2OS/c1-12-8-17(13(2)7-16(12)19)23-11-18(22)21-5-3-14-9-20-10-15(14)4-6-21/h7-8,14-15,20H,3-6,9-11H2,1-2H3/t14-,15+. The molecule has 0 saturated carbocycles. The Morgan fingerprint density at radius 2 is 1.87 bits per heavy atom. The smallest absolute Gasteiger partial charge is 0.232 e. The Morgan fingerprint density at radius 3 is 2.52 bits per heavy atom. The van der Waals surface area contributed by atoms with Gasteiger partial charge < -0.3 is 10.2 Å². The Labute approximate surface area is 151 Å². The molecule has 0 bridgehead atoms. The van der Waals surface area contributed by atoms with E-state index < -0.39 is 0 Å². The highest BCUT2D eigenvalue weighted by molar-refractivity contribution is 9.10. The molecule has 2 heterocycles. The molecule has 3 nitrogen and oxygen atoms in total. The quantitative estimate of drug-likeness (QED) is 0.791. The van der Waals surface area contributed by atoms with Gasteiger partial charge in [-0.05, 0) is 74.9 Å². The van der Waals surface area contributed by atoms with Crippen LogP contribution in [0.2, 0.25) is 0 Å². The summed E-state index contributed by atoms with van der Waals surface area (Å²) in [6.07, 6.45) is 2.31. The van der Waals surface area contributed by atoms with Crippen molar-refractivity contribution in [1.29, 1.82) is 0 Å². The number of likely N-dealkylation sites (tertiary alicyclic amines) is 1. The number of aryl methyl sites for hydroxylation is 2. The van der Waals surface area contributed by atoms with Crippen molar-refractivity contribution < 1.29 is 4.79 Å². The zero-order valence-corrected chi connectivity index (χ0v) is 16.3. The fraction of sp³-hybridized carbons (Fsp3) is 0.611. The topological polar surface area (TPSA) is 32.3 Å². The van der Waals surface area contributed by atoms with E-state index in [1.54, 1.807) is 11.8 Å². The van der Waals surface area contributed by atoms with Crippen LogP contribution in [0.5, 0.6) is 0 Å². The van der Waals surface area contributed by atoms with Gasteiger partial charge in [-0.1, -0.05) is 15.9 Å². The van der Waals surface area contributed by atoms with Gasteiger partial charge in [-0.15, -0.1) is 11.8 Å². The van der Waals surface area contributed by atoms with E-state index in [0.29, 0.717) is 11.7 Å². The number of carbonyl (C=O) groups excluding carboxylic acids is 1. The lowest BCUT2D eigenvalue weighted by Gasteiger charge is -2.21. The minimum absolute atomic E-state index is 0.294. The fourth-order valence-corrected chi connectivity index (χ4v) is 5.07. The lowest BCUT2D eigenvalue weighted by atomic mass is 9.92. The summed E-state index contributed by atoms with van der Waals surface area (Å²) in [5.41, 5.74) is 2.46. The van der Waals surface area contributed by atoms with Gasteiger partial charge in [0.05, 0.1) is 5.75 Å². The molecule has 5 heteroatoms. The van der Waals surface area contributed by atoms with Gasteiger partial charge >= 0.3 is 0 Å². The number of nitrogens with one attached hydrogen (secondary N) is 1. The van der Waals surface area contributed by atoms with Crippen molar-refractivity contribution in [3.05, 3.63) is 27.7 Å². The molecule has 2 fully saturated rings. The summed E-state index contributed by atoms with van der Waals surface area (Å²) in [7, 11) is 0. The Morgan fingerprint density at radius 1 is 1.22 bits per heavy atom. The normalized spacial score (nSPS) is 24.4. The van der Waals surface area contributed by atoms with Crippen molar-refractivity contribution in [2.75, 3.05) is 31.9 Å². The first-order valence-electron chi connectivity index (χ1n) is 8.42. The highest BCUT2D eigenvalue weighted by Gasteiger charge is 2.31. The Balaban J connectivity index is 1.56. The largest absolute Gasteiger partial charge is 0.342 e. The second kappa shape index (κ2) is 7.58. The predicted molar refractivity (Wildman–Crippen MR) is 100 cm³/mol.